The molecule has 0 saturated carbocycles. The summed E-state index contributed by atoms with van der Waals surface area (Å²) in [6.45, 7) is -0.131. The second kappa shape index (κ2) is 7.01. The summed E-state index contributed by atoms with van der Waals surface area (Å²) in [5.41, 5.74) is 2.23. The predicted molar refractivity (Wildman–Crippen MR) is 84.9 cm³/mol. The van der Waals surface area contributed by atoms with Gasteiger partial charge in [-0.25, -0.2) is 9.07 Å². The number of hydrogen-bond acceptors (Lipinski definition) is 4. The fourth-order valence-electron chi connectivity index (χ4n) is 2.26. The Morgan fingerprint density at radius 3 is 2.67 bits per heavy atom. The molecule has 122 valence electrons. The molecule has 6 nitrogen and oxygen atoms in total. The van der Waals surface area contributed by atoms with Gasteiger partial charge in [-0.15, -0.1) is 5.10 Å². The van der Waals surface area contributed by atoms with Crippen LogP contribution in [0.2, 0.25) is 0 Å². The summed E-state index contributed by atoms with van der Waals surface area (Å²) in [5.74, 6) is -0.703. The van der Waals surface area contributed by atoms with E-state index < -0.39 is 5.82 Å². The van der Waals surface area contributed by atoms with Gasteiger partial charge in [0, 0.05) is 17.7 Å². The Kier molecular flexibility index (Phi) is 4.62. The van der Waals surface area contributed by atoms with E-state index in [-0.39, 0.29) is 24.6 Å². The number of benzene rings is 2. The number of rotatable bonds is 5. The van der Waals surface area contributed by atoms with Crippen LogP contribution >= 0.6 is 0 Å². The average Bonchev–Trinajstić information content (AvgIpc) is 3.15. The summed E-state index contributed by atoms with van der Waals surface area (Å²) in [4.78, 5) is 12.2. The second-order valence-electron chi connectivity index (χ2n) is 5.16. The smallest absolute Gasteiger partial charge is 0.251 e. The van der Waals surface area contributed by atoms with Crippen molar-refractivity contribution in [1.29, 1.82) is 0 Å². The Bertz CT molecular complexity index is 832. The van der Waals surface area contributed by atoms with Gasteiger partial charge in [-0.3, -0.25) is 4.79 Å². The van der Waals surface area contributed by atoms with E-state index in [9.17, 15) is 9.18 Å². The lowest BCUT2D eigenvalue weighted by Crippen LogP contribution is -2.22. The van der Waals surface area contributed by atoms with Crippen LogP contribution < -0.4 is 5.32 Å². The number of carbonyl (C=O) groups is 1. The lowest BCUT2D eigenvalue weighted by atomic mass is 10.1. The molecule has 7 heteroatoms. The molecule has 2 N–H and O–H groups in total. The molecular weight excluding hydrogens is 311 g/mol. The molecule has 0 fully saturated rings. The van der Waals surface area contributed by atoms with Crippen molar-refractivity contribution in [1.82, 2.24) is 20.3 Å². The Morgan fingerprint density at radius 2 is 2.00 bits per heavy atom. The maximum absolute atomic E-state index is 13.3. The maximum Gasteiger partial charge on any atom is 0.251 e. The number of nitrogens with zero attached hydrogens (tertiary/aromatic N) is 3. The zero-order valence-corrected chi connectivity index (χ0v) is 12.7. The van der Waals surface area contributed by atoms with Gasteiger partial charge in [0.1, 0.15) is 5.82 Å². The zero-order chi connectivity index (χ0) is 16.9. The van der Waals surface area contributed by atoms with E-state index in [1.54, 1.807) is 47.4 Å². The van der Waals surface area contributed by atoms with Crippen LogP contribution in [0.25, 0.3) is 5.69 Å². The maximum atomic E-state index is 13.3. The van der Waals surface area contributed by atoms with Gasteiger partial charge in [-0.05, 0) is 42.0 Å². The molecule has 0 aliphatic rings. The molecule has 0 radical (unpaired) electrons. The van der Waals surface area contributed by atoms with Crippen molar-refractivity contribution in [2.45, 2.75) is 13.2 Å². The number of nitrogens with one attached hydrogen (secondary N) is 1. The van der Waals surface area contributed by atoms with Crippen molar-refractivity contribution < 1.29 is 14.3 Å². The van der Waals surface area contributed by atoms with Crippen LogP contribution in [0.15, 0.2) is 54.9 Å². The van der Waals surface area contributed by atoms with E-state index in [1.807, 2.05) is 0 Å². The van der Waals surface area contributed by atoms with Gasteiger partial charge in [-0.2, -0.15) is 0 Å². The van der Waals surface area contributed by atoms with Crippen molar-refractivity contribution >= 4 is 5.91 Å². The molecule has 0 aliphatic heterocycles. The molecule has 0 bridgehead atoms. The number of halogens is 1. The number of amides is 1. The largest absolute Gasteiger partial charge is 0.392 e. The summed E-state index contributed by atoms with van der Waals surface area (Å²) in [5, 5.41) is 19.4. The highest BCUT2D eigenvalue weighted by Crippen LogP contribution is 2.11. The Hall–Kier alpha value is -3.06. The topological polar surface area (TPSA) is 80.0 Å². The predicted octanol–water partition coefficient (Wildman–Crippen LogP) is 1.83. The molecule has 0 atom stereocenters. The van der Waals surface area contributed by atoms with Gasteiger partial charge >= 0.3 is 0 Å². The van der Waals surface area contributed by atoms with E-state index in [0.717, 1.165) is 5.69 Å². The first-order valence-electron chi connectivity index (χ1n) is 7.30. The van der Waals surface area contributed by atoms with Gasteiger partial charge in [0.25, 0.3) is 5.91 Å². The first-order chi connectivity index (χ1) is 11.7. The van der Waals surface area contributed by atoms with Crippen LogP contribution in [0.1, 0.15) is 21.5 Å². The van der Waals surface area contributed by atoms with Crippen LogP contribution in [0.3, 0.4) is 0 Å². The highest BCUT2D eigenvalue weighted by atomic mass is 19.1. The fourth-order valence-corrected chi connectivity index (χ4v) is 2.26. The van der Waals surface area contributed by atoms with Crippen LogP contribution in [-0.2, 0) is 13.2 Å². The summed E-state index contributed by atoms with van der Waals surface area (Å²) < 4.78 is 14.9. The van der Waals surface area contributed by atoms with E-state index in [1.165, 1.54) is 12.1 Å². The third kappa shape index (κ3) is 3.47. The third-order valence-electron chi connectivity index (χ3n) is 3.55. The second-order valence-corrected chi connectivity index (χ2v) is 5.16. The van der Waals surface area contributed by atoms with Gasteiger partial charge in [0.15, 0.2) is 0 Å². The fraction of sp³-hybridized carbons (Fsp3) is 0.118. The van der Waals surface area contributed by atoms with Crippen LogP contribution in [0.5, 0.6) is 0 Å². The molecule has 1 aromatic heterocycles. The lowest BCUT2D eigenvalue weighted by molar-refractivity contribution is 0.0951. The summed E-state index contributed by atoms with van der Waals surface area (Å²) in [6, 6.07) is 11.3. The lowest BCUT2D eigenvalue weighted by Gasteiger charge is -2.08. The van der Waals surface area contributed by atoms with Crippen molar-refractivity contribution in [3.63, 3.8) is 0 Å². The minimum Gasteiger partial charge on any atom is -0.392 e. The van der Waals surface area contributed by atoms with E-state index in [0.29, 0.717) is 11.1 Å². The van der Waals surface area contributed by atoms with Crippen LogP contribution in [0.4, 0.5) is 4.39 Å². The van der Waals surface area contributed by atoms with Gasteiger partial charge < -0.3 is 10.4 Å². The van der Waals surface area contributed by atoms with Crippen LogP contribution in [-0.4, -0.2) is 26.0 Å². The van der Waals surface area contributed by atoms with Gasteiger partial charge in [-0.1, -0.05) is 11.3 Å². The molecule has 0 aliphatic carbocycles. The minimum atomic E-state index is -0.462. The molecule has 0 spiro atoms. The van der Waals surface area contributed by atoms with Crippen molar-refractivity contribution in [2.24, 2.45) is 0 Å². The van der Waals surface area contributed by atoms with Crippen molar-refractivity contribution in [3.8, 4) is 5.69 Å². The molecule has 3 aromatic rings. The summed E-state index contributed by atoms with van der Waals surface area (Å²) in [6.07, 6.45) is 3.28. The molecule has 0 unspecified atom stereocenters. The first kappa shape index (κ1) is 15.8. The zero-order valence-electron chi connectivity index (χ0n) is 12.7. The molecule has 3 rings (SSSR count). The van der Waals surface area contributed by atoms with Gasteiger partial charge in [0.05, 0.1) is 24.7 Å². The molecule has 1 heterocycles. The van der Waals surface area contributed by atoms with E-state index >= 15 is 0 Å². The first-order valence-corrected chi connectivity index (χ1v) is 7.30. The molecule has 2 aromatic carbocycles. The number of aromatic nitrogens is 3. The molecule has 0 saturated heterocycles. The Balaban J connectivity index is 1.65. The van der Waals surface area contributed by atoms with E-state index in [2.05, 4.69) is 15.6 Å². The van der Waals surface area contributed by atoms with Crippen molar-refractivity contribution in [2.75, 3.05) is 0 Å². The highest BCUT2D eigenvalue weighted by Gasteiger charge is 2.07. The normalized spacial score (nSPS) is 10.6. The molecular formula is C17H15FN4O2. The van der Waals surface area contributed by atoms with Crippen molar-refractivity contribution in [3.05, 3.63) is 77.4 Å². The highest BCUT2D eigenvalue weighted by molar-refractivity contribution is 5.94. The quantitative estimate of drug-likeness (QED) is 0.749. The van der Waals surface area contributed by atoms with Gasteiger partial charge in [0.2, 0.25) is 0 Å². The number of carbonyl (C=O) groups excluding carboxylic acids is 1. The summed E-state index contributed by atoms with van der Waals surface area (Å²) >= 11 is 0. The average molecular weight is 326 g/mol. The Labute approximate surface area is 137 Å². The number of aliphatic hydroxyl groups excluding tert-OH is 1. The third-order valence-corrected chi connectivity index (χ3v) is 3.55. The van der Waals surface area contributed by atoms with E-state index in [4.69, 9.17) is 5.11 Å². The molecule has 24 heavy (non-hydrogen) atoms. The SMILES string of the molecule is O=C(NCc1ccc(F)c(CO)c1)c1ccc(-n2ccnn2)cc1. The van der Waals surface area contributed by atoms with Crippen LogP contribution in [0, 0.1) is 5.82 Å². The standard InChI is InChI=1S/C17H15FN4O2/c18-16-6-1-12(9-14(16)11-23)10-19-17(24)13-2-4-15(5-3-13)22-8-7-20-21-22/h1-9,23H,10-11H2,(H,19,24). The summed E-state index contributed by atoms with van der Waals surface area (Å²) in [7, 11) is 0. The minimum absolute atomic E-state index is 0.207. The Morgan fingerprint density at radius 1 is 1.21 bits per heavy atom. The number of hydrogen-bond donors (Lipinski definition) is 2. The monoisotopic (exact) mass is 326 g/mol. The number of aliphatic hydroxyl groups is 1. The molecule has 1 amide bonds.